The summed E-state index contributed by atoms with van der Waals surface area (Å²) in [6.07, 6.45) is 2.21. The fraction of sp³-hybridized carbons (Fsp3) is 0.296. The van der Waals surface area contributed by atoms with Gasteiger partial charge in [0.1, 0.15) is 11.5 Å². The molecule has 2 heterocycles. The van der Waals surface area contributed by atoms with E-state index in [9.17, 15) is 14.7 Å². The first kappa shape index (κ1) is 24.2. The lowest BCUT2D eigenvalue weighted by Gasteiger charge is -2.26. The third kappa shape index (κ3) is 4.70. The van der Waals surface area contributed by atoms with Crippen LogP contribution >= 0.6 is 0 Å². The second kappa shape index (κ2) is 10.1. The molecule has 0 bridgehead atoms. The molecular weight excluding hydrogens is 444 g/mol. The Morgan fingerprint density at radius 3 is 2.54 bits per heavy atom. The van der Waals surface area contributed by atoms with Crippen LogP contribution in [0.3, 0.4) is 0 Å². The number of likely N-dealkylation sites (tertiary alicyclic amines) is 1. The molecule has 1 atom stereocenters. The number of Topliss-reactive ketones (excluding diaryl/α,β-unsaturated/α-hetero) is 1. The number of methoxy groups -OCH3 is 1. The number of carbonyl (C=O) groups is 2. The molecule has 0 spiro atoms. The number of aromatic nitrogens is 2. The summed E-state index contributed by atoms with van der Waals surface area (Å²) >= 11 is 0. The summed E-state index contributed by atoms with van der Waals surface area (Å²) in [7, 11) is 5.48. The average Bonchev–Trinajstić information content (AvgIpc) is 3.36. The number of carbonyl (C=O) groups excluding carboxylic acids is 2. The lowest BCUT2D eigenvalue weighted by atomic mass is 9.95. The number of para-hydroxylation sites is 1. The molecule has 182 valence electrons. The van der Waals surface area contributed by atoms with Crippen LogP contribution in [0.2, 0.25) is 0 Å². The molecule has 1 unspecified atom stereocenters. The Hall–Kier alpha value is -3.91. The predicted octanol–water partition coefficient (Wildman–Crippen LogP) is 3.56. The van der Waals surface area contributed by atoms with Gasteiger partial charge in [-0.25, -0.2) is 4.68 Å². The van der Waals surface area contributed by atoms with Crippen molar-refractivity contribution < 1.29 is 19.4 Å². The SMILES string of the molecule is COc1cccc(C2/C(=C(/O)c3cnn(-c4ccccc4)c3C)C(=O)C(=O)N2CCCN(C)C)c1. The Bertz CT molecular complexity index is 1260. The van der Waals surface area contributed by atoms with E-state index in [1.807, 2.05) is 68.4 Å². The van der Waals surface area contributed by atoms with Crippen molar-refractivity contribution in [2.75, 3.05) is 34.3 Å². The zero-order valence-corrected chi connectivity index (χ0v) is 20.4. The Morgan fingerprint density at radius 2 is 1.86 bits per heavy atom. The highest BCUT2D eigenvalue weighted by Gasteiger charge is 2.46. The molecule has 35 heavy (non-hydrogen) atoms. The quantitative estimate of drug-likeness (QED) is 0.305. The second-order valence-corrected chi connectivity index (χ2v) is 8.82. The van der Waals surface area contributed by atoms with Gasteiger partial charge in [-0.15, -0.1) is 0 Å². The molecule has 1 N–H and O–H groups in total. The molecule has 3 aromatic rings. The highest BCUT2D eigenvalue weighted by molar-refractivity contribution is 6.46. The number of aliphatic hydroxyl groups is 1. The normalized spacial score (nSPS) is 17.4. The van der Waals surface area contributed by atoms with Gasteiger partial charge in [0.05, 0.1) is 41.9 Å². The number of amides is 1. The topological polar surface area (TPSA) is 87.9 Å². The van der Waals surface area contributed by atoms with Crippen LogP contribution in [-0.4, -0.2) is 70.7 Å². The molecule has 1 amide bonds. The Labute approximate surface area is 205 Å². The number of hydrogen-bond donors (Lipinski definition) is 1. The van der Waals surface area contributed by atoms with Crippen LogP contribution in [0.5, 0.6) is 5.75 Å². The first-order valence-corrected chi connectivity index (χ1v) is 11.5. The predicted molar refractivity (Wildman–Crippen MR) is 133 cm³/mol. The fourth-order valence-corrected chi connectivity index (χ4v) is 4.44. The first-order valence-electron chi connectivity index (χ1n) is 11.5. The van der Waals surface area contributed by atoms with Gasteiger partial charge in [-0.2, -0.15) is 5.10 Å². The largest absolute Gasteiger partial charge is 0.507 e. The van der Waals surface area contributed by atoms with Crippen LogP contribution < -0.4 is 4.74 Å². The van der Waals surface area contributed by atoms with Crippen LogP contribution in [0.25, 0.3) is 11.4 Å². The van der Waals surface area contributed by atoms with Crippen molar-refractivity contribution in [1.82, 2.24) is 19.6 Å². The van der Waals surface area contributed by atoms with Gasteiger partial charge >= 0.3 is 0 Å². The van der Waals surface area contributed by atoms with Gasteiger partial charge in [-0.3, -0.25) is 9.59 Å². The van der Waals surface area contributed by atoms with E-state index in [0.717, 1.165) is 12.2 Å². The molecule has 8 heteroatoms. The minimum atomic E-state index is -0.730. The summed E-state index contributed by atoms with van der Waals surface area (Å²) in [5.74, 6) is -0.946. The van der Waals surface area contributed by atoms with Crippen molar-refractivity contribution in [3.63, 3.8) is 0 Å². The monoisotopic (exact) mass is 474 g/mol. The number of ketones is 1. The van der Waals surface area contributed by atoms with E-state index < -0.39 is 17.7 Å². The Kier molecular flexibility index (Phi) is 7.02. The number of ether oxygens (including phenoxy) is 1. The maximum Gasteiger partial charge on any atom is 0.295 e. The highest BCUT2D eigenvalue weighted by atomic mass is 16.5. The van der Waals surface area contributed by atoms with Gasteiger partial charge in [-0.05, 0) is 63.8 Å². The lowest BCUT2D eigenvalue weighted by Crippen LogP contribution is -2.32. The zero-order chi connectivity index (χ0) is 25.1. The zero-order valence-electron chi connectivity index (χ0n) is 20.4. The van der Waals surface area contributed by atoms with Crippen molar-refractivity contribution in [1.29, 1.82) is 0 Å². The van der Waals surface area contributed by atoms with E-state index in [1.165, 1.54) is 6.20 Å². The number of benzene rings is 2. The average molecular weight is 475 g/mol. The summed E-state index contributed by atoms with van der Waals surface area (Å²) < 4.78 is 7.08. The maximum absolute atomic E-state index is 13.3. The lowest BCUT2D eigenvalue weighted by molar-refractivity contribution is -0.139. The molecule has 1 aliphatic rings. The summed E-state index contributed by atoms with van der Waals surface area (Å²) in [6, 6.07) is 16.0. The van der Waals surface area contributed by atoms with Gasteiger partial charge in [0, 0.05) is 6.54 Å². The van der Waals surface area contributed by atoms with Gasteiger partial charge in [0.15, 0.2) is 0 Å². The smallest absolute Gasteiger partial charge is 0.295 e. The molecular formula is C27H30N4O4. The van der Waals surface area contributed by atoms with Crippen molar-refractivity contribution in [3.05, 3.63) is 83.2 Å². The van der Waals surface area contributed by atoms with Crippen LogP contribution in [0.15, 0.2) is 66.4 Å². The second-order valence-electron chi connectivity index (χ2n) is 8.82. The van der Waals surface area contributed by atoms with Crippen molar-refractivity contribution in [3.8, 4) is 11.4 Å². The standard InChI is InChI=1S/C27H30N4O4/c1-18-22(17-28-31(18)20-11-6-5-7-12-20)25(32)23-24(19-10-8-13-21(16-19)35-4)30(27(34)26(23)33)15-9-14-29(2)3/h5-8,10-13,16-17,24,32H,9,14-15H2,1-4H3/b25-23-. The fourth-order valence-electron chi connectivity index (χ4n) is 4.44. The van der Waals surface area contributed by atoms with Crippen LogP contribution in [-0.2, 0) is 9.59 Å². The van der Waals surface area contributed by atoms with E-state index in [-0.39, 0.29) is 11.3 Å². The summed E-state index contributed by atoms with van der Waals surface area (Å²) in [5, 5.41) is 15.8. The third-order valence-electron chi connectivity index (χ3n) is 6.22. The molecule has 0 radical (unpaired) electrons. The molecule has 4 rings (SSSR count). The van der Waals surface area contributed by atoms with Crippen LogP contribution in [0.4, 0.5) is 0 Å². The molecule has 1 aliphatic heterocycles. The Balaban J connectivity index is 1.82. The highest BCUT2D eigenvalue weighted by Crippen LogP contribution is 2.40. The van der Waals surface area contributed by atoms with E-state index in [1.54, 1.807) is 28.8 Å². The van der Waals surface area contributed by atoms with Crippen molar-refractivity contribution >= 4 is 17.4 Å². The molecule has 8 nitrogen and oxygen atoms in total. The molecule has 2 aromatic carbocycles. The minimum Gasteiger partial charge on any atom is -0.507 e. The molecule has 1 saturated heterocycles. The number of hydrogen-bond acceptors (Lipinski definition) is 6. The molecule has 1 aromatic heterocycles. The third-order valence-corrected chi connectivity index (χ3v) is 6.22. The minimum absolute atomic E-state index is 0.0591. The number of rotatable bonds is 8. The van der Waals surface area contributed by atoms with Gasteiger partial charge in [0.25, 0.3) is 11.7 Å². The van der Waals surface area contributed by atoms with Crippen LogP contribution in [0.1, 0.15) is 29.3 Å². The molecule has 1 fully saturated rings. The van der Waals surface area contributed by atoms with Crippen molar-refractivity contribution in [2.24, 2.45) is 0 Å². The first-order chi connectivity index (χ1) is 16.8. The van der Waals surface area contributed by atoms with E-state index in [4.69, 9.17) is 4.74 Å². The molecule has 0 saturated carbocycles. The Morgan fingerprint density at radius 1 is 1.11 bits per heavy atom. The van der Waals surface area contributed by atoms with Crippen LogP contribution in [0, 0.1) is 6.92 Å². The van der Waals surface area contributed by atoms with E-state index in [2.05, 4.69) is 5.10 Å². The van der Waals surface area contributed by atoms with Gasteiger partial charge < -0.3 is 19.6 Å². The van der Waals surface area contributed by atoms with Crippen molar-refractivity contribution in [2.45, 2.75) is 19.4 Å². The number of aliphatic hydroxyl groups excluding tert-OH is 1. The van der Waals surface area contributed by atoms with E-state index in [0.29, 0.717) is 35.5 Å². The summed E-state index contributed by atoms with van der Waals surface area (Å²) in [6.45, 7) is 2.96. The van der Waals surface area contributed by atoms with Gasteiger partial charge in [-0.1, -0.05) is 30.3 Å². The number of nitrogens with zero attached hydrogens (tertiary/aromatic N) is 4. The summed E-state index contributed by atoms with van der Waals surface area (Å²) in [4.78, 5) is 30.0. The maximum atomic E-state index is 13.3. The summed E-state index contributed by atoms with van der Waals surface area (Å²) in [5.41, 5.74) is 2.66. The van der Waals surface area contributed by atoms with E-state index >= 15 is 0 Å². The van der Waals surface area contributed by atoms with Gasteiger partial charge in [0.2, 0.25) is 0 Å². The molecule has 0 aliphatic carbocycles.